The van der Waals surface area contributed by atoms with E-state index >= 15 is 0 Å². The van der Waals surface area contributed by atoms with Crippen LogP contribution in [0.1, 0.15) is 6.42 Å². The molecule has 0 N–H and O–H groups in total. The Morgan fingerprint density at radius 2 is 2.00 bits per heavy atom. The van der Waals surface area contributed by atoms with Crippen molar-refractivity contribution in [2.24, 2.45) is 5.41 Å². The third-order valence-corrected chi connectivity index (χ3v) is 1.68. The van der Waals surface area contributed by atoms with Crippen molar-refractivity contribution >= 4 is 23.0 Å². The summed E-state index contributed by atoms with van der Waals surface area (Å²) in [6.45, 7) is 0.391. The van der Waals surface area contributed by atoms with Gasteiger partial charge in [0.1, 0.15) is 23.0 Å². The molecular weight excluding hydrogens is 253 g/mol. The second-order valence-corrected chi connectivity index (χ2v) is 2.49. The smallest absolute Gasteiger partial charge is 0.179 e. The van der Waals surface area contributed by atoms with Gasteiger partial charge in [0, 0.05) is 6.42 Å². The number of terminal acetylenes is 2. The second-order valence-electron chi connectivity index (χ2n) is 1.87. The molecule has 0 unspecified atom stereocenters. The van der Waals surface area contributed by atoms with Crippen LogP contribution in [0.2, 0.25) is 0 Å². The molecule has 0 saturated heterocycles. The number of hydrogen-bond acceptors (Lipinski definition) is 2. The van der Waals surface area contributed by atoms with Gasteiger partial charge in [-0.1, -0.05) is 11.8 Å². The summed E-state index contributed by atoms with van der Waals surface area (Å²) in [4.78, 5) is 0. The minimum absolute atomic E-state index is 0.374. The summed E-state index contributed by atoms with van der Waals surface area (Å²) < 4.78 is 4.73. The molecule has 0 aliphatic carbocycles. The topological polar surface area (TPSA) is 33.0 Å². The Morgan fingerprint density at radius 3 is 2.27 bits per heavy atom. The van der Waals surface area contributed by atoms with Gasteiger partial charge in [-0.05, 0) is 0 Å². The standard InChI is InChI=1S/C8H6INO/c1-3-8(4-2,7-10)5-6-11-9/h1-2H,5-6H2. The Morgan fingerprint density at radius 1 is 1.45 bits per heavy atom. The van der Waals surface area contributed by atoms with Gasteiger partial charge in [-0.15, -0.1) is 12.8 Å². The fourth-order valence-corrected chi connectivity index (χ4v) is 0.718. The SMILES string of the molecule is C#CC(C#C)(C#N)CCOI. The van der Waals surface area contributed by atoms with E-state index in [1.165, 1.54) is 0 Å². The summed E-state index contributed by atoms with van der Waals surface area (Å²) in [5, 5.41) is 8.61. The minimum atomic E-state index is -1.09. The van der Waals surface area contributed by atoms with Crippen molar-refractivity contribution in [1.82, 2.24) is 0 Å². The lowest BCUT2D eigenvalue weighted by atomic mass is 9.89. The highest BCUT2D eigenvalue weighted by Crippen LogP contribution is 2.18. The maximum Gasteiger partial charge on any atom is 0.179 e. The second kappa shape index (κ2) is 5.02. The zero-order valence-corrected chi connectivity index (χ0v) is 7.96. The monoisotopic (exact) mass is 259 g/mol. The molecule has 0 spiro atoms. The number of nitriles is 1. The third kappa shape index (κ3) is 2.80. The molecule has 0 fully saturated rings. The molecule has 2 nitrogen and oxygen atoms in total. The van der Waals surface area contributed by atoms with Crippen molar-refractivity contribution in [2.75, 3.05) is 6.61 Å². The molecule has 0 aliphatic rings. The molecule has 0 bridgehead atoms. The van der Waals surface area contributed by atoms with E-state index in [4.69, 9.17) is 21.2 Å². The highest BCUT2D eigenvalue weighted by molar-refractivity contribution is 14.1. The number of hydrogen-bond donors (Lipinski definition) is 0. The maximum atomic E-state index is 8.61. The Labute approximate surface area is 80.6 Å². The van der Waals surface area contributed by atoms with Crippen LogP contribution in [0, 0.1) is 41.4 Å². The van der Waals surface area contributed by atoms with Crippen LogP contribution in [-0.4, -0.2) is 6.61 Å². The largest absolute Gasteiger partial charge is 0.316 e. The fourth-order valence-electron chi connectivity index (χ4n) is 0.498. The normalized spacial score (nSPS) is 9.27. The van der Waals surface area contributed by atoms with E-state index in [-0.39, 0.29) is 0 Å². The van der Waals surface area contributed by atoms with Crippen molar-refractivity contribution in [2.45, 2.75) is 6.42 Å². The third-order valence-electron chi connectivity index (χ3n) is 1.24. The zero-order valence-electron chi connectivity index (χ0n) is 5.80. The molecular formula is C8H6INO. The molecule has 0 heterocycles. The minimum Gasteiger partial charge on any atom is -0.316 e. The molecule has 0 rings (SSSR count). The van der Waals surface area contributed by atoms with Crippen LogP contribution in [0.5, 0.6) is 0 Å². The van der Waals surface area contributed by atoms with Crippen molar-refractivity contribution in [3.05, 3.63) is 0 Å². The molecule has 0 aromatic heterocycles. The van der Waals surface area contributed by atoms with Crippen molar-refractivity contribution < 1.29 is 3.07 Å². The van der Waals surface area contributed by atoms with Gasteiger partial charge >= 0.3 is 0 Å². The summed E-state index contributed by atoms with van der Waals surface area (Å²) in [6.07, 6.45) is 10.6. The Balaban J connectivity index is 4.28. The Bertz CT molecular complexity index is 204. The molecule has 0 aromatic carbocycles. The molecule has 56 valence electrons. The van der Waals surface area contributed by atoms with E-state index in [2.05, 4.69) is 11.8 Å². The molecule has 0 radical (unpaired) electrons. The predicted molar refractivity (Wildman–Crippen MR) is 50.3 cm³/mol. The van der Waals surface area contributed by atoms with E-state index < -0.39 is 5.41 Å². The number of nitrogens with zero attached hydrogens (tertiary/aromatic N) is 1. The van der Waals surface area contributed by atoms with Crippen LogP contribution >= 0.6 is 23.0 Å². The summed E-state index contributed by atoms with van der Waals surface area (Å²) in [6, 6.07) is 1.89. The predicted octanol–water partition coefficient (Wildman–Crippen LogP) is 1.52. The van der Waals surface area contributed by atoms with Gasteiger partial charge in [-0.25, -0.2) is 0 Å². The van der Waals surface area contributed by atoms with Crippen LogP contribution in [-0.2, 0) is 3.07 Å². The molecule has 0 amide bonds. The van der Waals surface area contributed by atoms with Crippen LogP contribution in [0.4, 0.5) is 0 Å². The quantitative estimate of drug-likeness (QED) is 0.568. The molecule has 0 aromatic rings. The Hall–Kier alpha value is -0.700. The van der Waals surface area contributed by atoms with E-state index in [9.17, 15) is 0 Å². The van der Waals surface area contributed by atoms with Gasteiger partial charge in [0.05, 0.1) is 12.7 Å². The Kier molecular flexibility index (Phi) is 4.70. The van der Waals surface area contributed by atoms with Gasteiger partial charge in [0.25, 0.3) is 0 Å². The first-order valence-corrected chi connectivity index (χ1v) is 3.73. The van der Waals surface area contributed by atoms with Crippen LogP contribution in [0.25, 0.3) is 0 Å². The lowest BCUT2D eigenvalue weighted by Crippen LogP contribution is -2.14. The molecule has 3 heteroatoms. The average Bonchev–Trinajstić information content (AvgIpc) is 2.08. The zero-order chi connectivity index (χ0) is 8.74. The van der Waals surface area contributed by atoms with Gasteiger partial charge < -0.3 is 3.07 Å². The van der Waals surface area contributed by atoms with Crippen molar-refractivity contribution in [3.63, 3.8) is 0 Å². The van der Waals surface area contributed by atoms with E-state index in [0.717, 1.165) is 0 Å². The van der Waals surface area contributed by atoms with Crippen LogP contribution in [0.15, 0.2) is 0 Å². The van der Waals surface area contributed by atoms with Gasteiger partial charge in [-0.3, -0.25) is 0 Å². The van der Waals surface area contributed by atoms with Gasteiger partial charge in [-0.2, -0.15) is 5.26 Å². The first-order chi connectivity index (χ1) is 5.24. The van der Waals surface area contributed by atoms with E-state index in [0.29, 0.717) is 13.0 Å². The highest BCUT2D eigenvalue weighted by Gasteiger charge is 2.23. The first-order valence-electron chi connectivity index (χ1n) is 2.85. The first kappa shape index (κ1) is 10.3. The van der Waals surface area contributed by atoms with E-state index in [1.54, 1.807) is 23.0 Å². The van der Waals surface area contributed by atoms with E-state index in [1.807, 2.05) is 6.07 Å². The van der Waals surface area contributed by atoms with Crippen LogP contribution in [0.3, 0.4) is 0 Å². The fraction of sp³-hybridized carbons (Fsp3) is 0.375. The molecule has 11 heavy (non-hydrogen) atoms. The van der Waals surface area contributed by atoms with Crippen LogP contribution < -0.4 is 0 Å². The summed E-state index contributed by atoms with van der Waals surface area (Å²) in [5.41, 5.74) is -1.09. The lowest BCUT2D eigenvalue weighted by molar-refractivity contribution is 0.380. The number of halogens is 1. The molecule has 0 aliphatic heterocycles. The lowest BCUT2D eigenvalue weighted by Gasteiger charge is -2.10. The van der Waals surface area contributed by atoms with Gasteiger partial charge in [0.2, 0.25) is 0 Å². The summed E-state index contributed by atoms with van der Waals surface area (Å²) >= 11 is 1.73. The van der Waals surface area contributed by atoms with Crippen molar-refractivity contribution in [3.8, 4) is 30.8 Å². The average molecular weight is 259 g/mol. The molecule has 0 saturated carbocycles. The molecule has 0 atom stereocenters. The summed E-state index contributed by atoms with van der Waals surface area (Å²) in [5.74, 6) is 4.54. The number of rotatable bonds is 3. The summed E-state index contributed by atoms with van der Waals surface area (Å²) in [7, 11) is 0. The van der Waals surface area contributed by atoms with Gasteiger partial charge in [0.15, 0.2) is 5.41 Å². The van der Waals surface area contributed by atoms with Crippen molar-refractivity contribution in [1.29, 1.82) is 5.26 Å². The maximum absolute atomic E-state index is 8.61. The highest BCUT2D eigenvalue weighted by atomic mass is 127.